The van der Waals surface area contributed by atoms with Crippen molar-refractivity contribution in [3.63, 3.8) is 0 Å². The lowest BCUT2D eigenvalue weighted by Gasteiger charge is -2.14. The van der Waals surface area contributed by atoms with Gasteiger partial charge < -0.3 is 0 Å². The van der Waals surface area contributed by atoms with Gasteiger partial charge in [-0.25, -0.2) is 0 Å². The van der Waals surface area contributed by atoms with Gasteiger partial charge in [-0.05, 0) is 26.2 Å². The molecule has 10 heavy (non-hydrogen) atoms. The van der Waals surface area contributed by atoms with Crippen LogP contribution in [0.5, 0.6) is 0 Å². The summed E-state index contributed by atoms with van der Waals surface area (Å²) < 4.78 is 0. The van der Waals surface area contributed by atoms with Crippen molar-refractivity contribution < 1.29 is 0 Å². The zero-order valence-corrected chi connectivity index (χ0v) is 6.72. The molecular weight excluding hydrogens is 120 g/mol. The van der Waals surface area contributed by atoms with Gasteiger partial charge in [0.25, 0.3) is 0 Å². The van der Waals surface area contributed by atoms with Gasteiger partial charge in [-0.1, -0.05) is 29.4 Å². The fourth-order valence-electron chi connectivity index (χ4n) is 1.42. The minimum atomic E-state index is 0.574. The molecule has 0 aromatic heterocycles. The molecule has 0 heteroatoms. The van der Waals surface area contributed by atoms with Gasteiger partial charge in [-0.3, -0.25) is 0 Å². The van der Waals surface area contributed by atoms with Crippen LogP contribution >= 0.6 is 0 Å². The van der Waals surface area contributed by atoms with E-state index in [0.29, 0.717) is 5.92 Å². The summed E-state index contributed by atoms with van der Waals surface area (Å²) in [4.78, 5) is 0. The highest BCUT2D eigenvalue weighted by atomic mass is 14.1. The maximum absolute atomic E-state index is 3.78. The summed E-state index contributed by atoms with van der Waals surface area (Å²) in [6.45, 7) is 8.09. The van der Waals surface area contributed by atoms with Gasteiger partial charge in [0.15, 0.2) is 0 Å². The van der Waals surface area contributed by atoms with Crippen molar-refractivity contribution in [1.29, 1.82) is 0 Å². The van der Waals surface area contributed by atoms with Crippen molar-refractivity contribution in [1.82, 2.24) is 0 Å². The molecule has 0 N–H and O–H groups in total. The van der Waals surface area contributed by atoms with E-state index in [-0.39, 0.29) is 0 Å². The topological polar surface area (TPSA) is 0 Å². The average Bonchev–Trinajstić information content (AvgIpc) is 1.85. The standard InChI is InChI=1S/C10H14/c1-4-10-6-8(2)5-9(3)7-10/h4-6,10H,1,7H2,2-3H3. The van der Waals surface area contributed by atoms with Crippen LogP contribution in [-0.4, -0.2) is 0 Å². The summed E-state index contributed by atoms with van der Waals surface area (Å²) in [6.07, 6.45) is 7.67. The second-order valence-corrected chi connectivity index (χ2v) is 3.01. The van der Waals surface area contributed by atoms with Crippen molar-refractivity contribution in [3.8, 4) is 0 Å². The molecule has 0 fully saturated rings. The molecule has 1 rings (SSSR count). The van der Waals surface area contributed by atoms with E-state index in [1.165, 1.54) is 11.1 Å². The Morgan fingerprint density at radius 2 is 2.30 bits per heavy atom. The SMILES string of the molecule is C=CC1C=C(C)C=C(C)C1. The fraction of sp³-hybridized carbons (Fsp3) is 0.400. The summed E-state index contributed by atoms with van der Waals surface area (Å²) in [5, 5.41) is 0. The number of hydrogen-bond donors (Lipinski definition) is 0. The molecule has 54 valence electrons. The van der Waals surface area contributed by atoms with Crippen LogP contribution in [0.1, 0.15) is 20.3 Å². The molecule has 1 aliphatic carbocycles. The summed E-state index contributed by atoms with van der Waals surface area (Å²) in [5.41, 5.74) is 2.83. The van der Waals surface area contributed by atoms with Crippen LogP contribution in [0.15, 0.2) is 36.0 Å². The number of allylic oxidation sites excluding steroid dienone is 5. The van der Waals surface area contributed by atoms with Crippen molar-refractivity contribution in [3.05, 3.63) is 36.0 Å². The summed E-state index contributed by atoms with van der Waals surface area (Å²) in [6, 6.07) is 0. The molecule has 0 amide bonds. The molecular formula is C10H14. The molecule has 0 spiro atoms. The number of hydrogen-bond acceptors (Lipinski definition) is 0. The van der Waals surface area contributed by atoms with E-state index in [1.54, 1.807) is 0 Å². The number of rotatable bonds is 1. The van der Waals surface area contributed by atoms with E-state index in [0.717, 1.165) is 6.42 Å². The Morgan fingerprint density at radius 3 is 2.80 bits per heavy atom. The van der Waals surface area contributed by atoms with Crippen LogP contribution in [0, 0.1) is 5.92 Å². The highest BCUT2D eigenvalue weighted by molar-refractivity contribution is 5.28. The third kappa shape index (κ3) is 1.60. The van der Waals surface area contributed by atoms with Crippen molar-refractivity contribution in [2.24, 2.45) is 5.92 Å². The molecule has 0 bridgehead atoms. The lowest BCUT2D eigenvalue weighted by molar-refractivity contribution is 0.775. The Kier molecular flexibility index (Phi) is 2.10. The van der Waals surface area contributed by atoms with Crippen LogP contribution in [0.3, 0.4) is 0 Å². The summed E-state index contributed by atoms with van der Waals surface area (Å²) in [5.74, 6) is 0.574. The van der Waals surface area contributed by atoms with E-state index < -0.39 is 0 Å². The highest BCUT2D eigenvalue weighted by Crippen LogP contribution is 2.22. The normalized spacial score (nSPS) is 25.2. The highest BCUT2D eigenvalue weighted by Gasteiger charge is 2.06. The lowest BCUT2D eigenvalue weighted by atomic mass is 9.92. The smallest absolute Gasteiger partial charge is 0.00133 e. The predicted octanol–water partition coefficient (Wildman–Crippen LogP) is 3.08. The Balaban J connectivity index is 2.76. The Labute approximate surface area is 62.9 Å². The monoisotopic (exact) mass is 134 g/mol. The molecule has 0 aliphatic heterocycles. The first kappa shape index (κ1) is 7.33. The van der Waals surface area contributed by atoms with Gasteiger partial charge in [0.1, 0.15) is 0 Å². The van der Waals surface area contributed by atoms with Crippen molar-refractivity contribution in [2.45, 2.75) is 20.3 Å². The van der Waals surface area contributed by atoms with E-state index in [9.17, 15) is 0 Å². The molecule has 0 heterocycles. The third-order valence-corrected chi connectivity index (χ3v) is 1.81. The Bertz CT molecular complexity index is 194. The van der Waals surface area contributed by atoms with Crippen LogP contribution in [-0.2, 0) is 0 Å². The summed E-state index contributed by atoms with van der Waals surface area (Å²) in [7, 11) is 0. The molecule has 0 saturated carbocycles. The van der Waals surface area contributed by atoms with Crippen LogP contribution in [0.2, 0.25) is 0 Å². The van der Waals surface area contributed by atoms with Crippen molar-refractivity contribution >= 4 is 0 Å². The van der Waals surface area contributed by atoms with Crippen LogP contribution in [0.4, 0.5) is 0 Å². The van der Waals surface area contributed by atoms with Gasteiger partial charge in [0.05, 0.1) is 0 Å². The molecule has 0 aromatic carbocycles. The maximum atomic E-state index is 3.78. The Morgan fingerprint density at radius 1 is 1.60 bits per heavy atom. The lowest BCUT2D eigenvalue weighted by Crippen LogP contribution is -1.98. The van der Waals surface area contributed by atoms with Gasteiger partial charge in [-0.15, -0.1) is 6.58 Å². The van der Waals surface area contributed by atoms with E-state index in [2.05, 4.69) is 32.6 Å². The van der Waals surface area contributed by atoms with Gasteiger partial charge in [0, 0.05) is 0 Å². The maximum Gasteiger partial charge on any atom is -0.00133 e. The third-order valence-electron chi connectivity index (χ3n) is 1.81. The quantitative estimate of drug-likeness (QED) is 0.483. The molecule has 1 unspecified atom stereocenters. The zero-order chi connectivity index (χ0) is 7.56. The minimum Gasteiger partial charge on any atom is -0.102 e. The minimum absolute atomic E-state index is 0.574. The van der Waals surface area contributed by atoms with E-state index >= 15 is 0 Å². The Hall–Kier alpha value is -0.780. The second kappa shape index (κ2) is 2.87. The van der Waals surface area contributed by atoms with Crippen molar-refractivity contribution in [2.75, 3.05) is 0 Å². The summed E-state index contributed by atoms with van der Waals surface area (Å²) >= 11 is 0. The molecule has 0 saturated heterocycles. The van der Waals surface area contributed by atoms with E-state index in [1.807, 2.05) is 6.08 Å². The van der Waals surface area contributed by atoms with Gasteiger partial charge >= 0.3 is 0 Å². The zero-order valence-electron chi connectivity index (χ0n) is 6.72. The van der Waals surface area contributed by atoms with Crippen LogP contribution < -0.4 is 0 Å². The first-order valence-electron chi connectivity index (χ1n) is 3.70. The molecule has 0 radical (unpaired) electrons. The molecule has 1 atom stereocenters. The first-order chi connectivity index (χ1) is 4.72. The predicted molar refractivity (Wildman–Crippen MR) is 45.8 cm³/mol. The molecule has 0 aromatic rings. The second-order valence-electron chi connectivity index (χ2n) is 3.01. The van der Waals surface area contributed by atoms with E-state index in [4.69, 9.17) is 0 Å². The van der Waals surface area contributed by atoms with Gasteiger partial charge in [-0.2, -0.15) is 0 Å². The first-order valence-corrected chi connectivity index (χ1v) is 3.70. The van der Waals surface area contributed by atoms with Crippen LogP contribution in [0.25, 0.3) is 0 Å². The fourth-order valence-corrected chi connectivity index (χ4v) is 1.42. The molecule has 0 nitrogen and oxygen atoms in total. The average molecular weight is 134 g/mol. The molecule has 1 aliphatic rings. The largest absolute Gasteiger partial charge is 0.102 e. The van der Waals surface area contributed by atoms with Gasteiger partial charge in [0.2, 0.25) is 0 Å².